The van der Waals surface area contributed by atoms with Gasteiger partial charge in [0.1, 0.15) is 0 Å². The highest BCUT2D eigenvalue weighted by Gasteiger charge is 2.11. The largest absolute Gasteiger partial charge is 0.453 e. The maximum Gasteiger partial charge on any atom is 0.411 e. The van der Waals surface area contributed by atoms with Gasteiger partial charge >= 0.3 is 6.09 Å². The van der Waals surface area contributed by atoms with Crippen molar-refractivity contribution in [3.05, 3.63) is 24.3 Å². The molecule has 2 rings (SSSR count). The first-order valence-electron chi connectivity index (χ1n) is 6.99. The minimum Gasteiger partial charge on any atom is -0.453 e. The van der Waals surface area contributed by atoms with Gasteiger partial charge in [-0.3, -0.25) is 5.32 Å². The molecule has 1 saturated carbocycles. The maximum absolute atomic E-state index is 11.1. The molecule has 1 aliphatic carbocycles. The van der Waals surface area contributed by atoms with E-state index in [9.17, 15) is 4.79 Å². The van der Waals surface area contributed by atoms with Crippen LogP contribution in [0, 0.1) is 0 Å². The van der Waals surface area contributed by atoms with E-state index in [1.165, 1.54) is 45.6 Å². The van der Waals surface area contributed by atoms with Gasteiger partial charge in [-0.1, -0.05) is 25.7 Å². The normalized spacial score (nSPS) is 16.5. The SMILES string of the molecule is COC(=O)Nc1ccc(NC2CCCCCC2)cc1. The van der Waals surface area contributed by atoms with Gasteiger partial charge in [0, 0.05) is 17.4 Å². The van der Waals surface area contributed by atoms with Crippen LogP contribution in [0.25, 0.3) is 0 Å². The lowest BCUT2D eigenvalue weighted by molar-refractivity contribution is 0.187. The Morgan fingerprint density at radius 1 is 1.05 bits per heavy atom. The topological polar surface area (TPSA) is 50.4 Å². The van der Waals surface area contributed by atoms with Crippen LogP contribution in [0.5, 0.6) is 0 Å². The number of anilines is 2. The Hall–Kier alpha value is -1.71. The van der Waals surface area contributed by atoms with Gasteiger partial charge in [-0.2, -0.15) is 0 Å². The number of amides is 1. The van der Waals surface area contributed by atoms with E-state index < -0.39 is 6.09 Å². The molecule has 4 heteroatoms. The number of hydrogen-bond donors (Lipinski definition) is 2. The standard InChI is InChI=1S/C15H22N2O2/c1-19-15(18)17-14-10-8-13(9-11-14)16-12-6-4-2-3-5-7-12/h8-12,16H,2-7H2,1H3,(H,17,18). The number of ether oxygens (including phenoxy) is 1. The molecule has 1 aromatic rings. The van der Waals surface area contributed by atoms with Crippen LogP contribution in [0.4, 0.5) is 16.2 Å². The van der Waals surface area contributed by atoms with E-state index in [0.29, 0.717) is 6.04 Å². The van der Waals surface area contributed by atoms with Crippen molar-refractivity contribution in [3.8, 4) is 0 Å². The summed E-state index contributed by atoms with van der Waals surface area (Å²) in [4.78, 5) is 11.1. The molecule has 0 aromatic heterocycles. The molecule has 19 heavy (non-hydrogen) atoms. The van der Waals surface area contributed by atoms with E-state index in [-0.39, 0.29) is 0 Å². The fourth-order valence-electron chi connectivity index (χ4n) is 2.48. The van der Waals surface area contributed by atoms with Crippen molar-refractivity contribution in [1.82, 2.24) is 0 Å². The minimum absolute atomic E-state index is 0.440. The van der Waals surface area contributed by atoms with Crippen molar-refractivity contribution in [3.63, 3.8) is 0 Å². The summed E-state index contributed by atoms with van der Waals surface area (Å²) in [6.45, 7) is 0. The number of rotatable bonds is 3. The Labute approximate surface area is 114 Å². The van der Waals surface area contributed by atoms with Crippen molar-refractivity contribution in [2.24, 2.45) is 0 Å². The lowest BCUT2D eigenvalue weighted by atomic mass is 10.1. The molecule has 0 saturated heterocycles. The van der Waals surface area contributed by atoms with Crippen LogP contribution < -0.4 is 10.6 Å². The molecule has 0 bridgehead atoms. The van der Waals surface area contributed by atoms with Gasteiger partial charge < -0.3 is 10.1 Å². The Kier molecular flexibility index (Phi) is 5.07. The van der Waals surface area contributed by atoms with Gasteiger partial charge in [0.25, 0.3) is 0 Å². The van der Waals surface area contributed by atoms with Crippen LogP contribution in [-0.2, 0) is 4.74 Å². The molecule has 0 spiro atoms. The predicted octanol–water partition coefficient (Wildman–Crippen LogP) is 4.00. The maximum atomic E-state index is 11.1. The first kappa shape index (κ1) is 13.7. The molecule has 1 amide bonds. The lowest BCUT2D eigenvalue weighted by Gasteiger charge is -2.17. The Morgan fingerprint density at radius 2 is 1.63 bits per heavy atom. The van der Waals surface area contributed by atoms with Crippen molar-refractivity contribution in [2.45, 2.75) is 44.6 Å². The van der Waals surface area contributed by atoms with E-state index in [4.69, 9.17) is 0 Å². The number of methoxy groups -OCH3 is 1. The second-order valence-corrected chi connectivity index (χ2v) is 5.03. The third kappa shape index (κ3) is 4.47. The molecule has 1 fully saturated rings. The average Bonchev–Trinajstić information content (AvgIpc) is 2.69. The summed E-state index contributed by atoms with van der Waals surface area (Å²) >= 11 is 0. The number of carbonyl (C=O) groups excluding carboxylic acids is 1. The summed E-state index contributed by atoms with van der Waals surface area (Å²) in [5, 5.41) is 6.21. The monoisotopic (exact) mass is 262 g/mol. The highest BCUT2D eigenvalue weighted by Crippen LogP contribution is 2.22. The lowest BCUT2D eigenvalue weighted by Crippen LogP contribution is -2.18. The second kappa shape index (κ2) is 7.02. The molecule has 0 radical (unpaired) electrons. The third-order valence-electron chi connectivity index (χ3n) is 3.54. The zero-order chi connectivity index (χ0) is 13.5. The molecule has 0 aliphatic heterocycles. The molecule has 1 aliphatic rings. The predicted molar refractivity (Wildman–Crippen MR) is 77.6 cm³/mol. The highest BCUT2D eigenvalue weighted by molar-refractivity contribution is 5.84. The fourth-order valence-corrected chi connectivity index (χ4v) is 2.48. The number of benzene rings is 1. The zero-order valence-corrected chi connectivity index (χ0v) is 11.4. The van der Waals surface area contributed by atoms with E-state index in [2.05, 4.69) is 15.4 Å². The average molecular weight is 262 g/mol. The molecule has 1 aromatic carbocycles. The third-order valence-corrected chi connectivity index (χ3v) is 3.54. The van der Waals surface area contributed by atoms with E-state index in [1.807, 2.05) is 24.3 Å². The second-order valence-electron chi connectivity index (χ2n) is 5.03. The van der Waals surface area contributed by atoms with Crippen molar-refractivity contribution in [2.75, 3.05) is 17.7 Å². The van der Waals surface area contributed by atoms with Crippen molar-refractivity contribution < 1.29 is 9.53 Å². The summed E-state index contributed by atoms with van der Waals surface area (Å²) in [6.07, 6.45) is 7.42. The first-order valence-corrected chi connectivity index (χ1v) is 6.99. The van der Waals surface area contributed by atoms with Crippen LogP contribution in [0.2, 0.25) is 0 Å². The summed E-state index contributed by atoms with van der Waals surface area (Å²) in [5.74, 6) is 0. The summed E-state index contributed by atoms with van der Waals surface area (Å²) in [6, 6.07) is 8.35. The molecule has 0 atom stereocenters. The molecular weight excluding hydrogens is 240 g/mol. The Balaban J connectivity index is 1.88. The molecular formula is C15H22N2O2. The fraction of sp³-hybridized carbons (Fsp3) is 0.533. The number of nitrogens with one attached hydrogen (secondary N) is 2. The highest BCUT2D eigenvalue weighted by atomic mass is 16.5. The molecule has 0 heterocycles. The van der Waals surface area contributed by atoms with Gasteiger partial charge in [-0.05, 0) is 37.1 Å². The minimum atomic E-state index is -0.440. The van der Waals surface area contributed by atoms with Crippen LogP contribution in [-0.4, -0.2) is 19.2 Å². The van der Waals surface area contributed by atoms with Gasteiger partial charge in [0.15, 0.2) is 0 Å². The molecule has 104 valence electrons. The van der Waals surface area contributed by atoms with Crippen LogP contribution in [0.1, 0.15) is 38.5 Å². The number of hydrogen-bond acceptors (Lipinski definition) is 3. The zero-order valence-electron chi connectivity index (χ0n) is 11.4. The van der Waals surface area contributed by atoms with E-state index >= 15 is 0 Å². The quantitative estimate of drug-likeness (QED) is 0.809. The molecule has 4 nitrogen and oxygen atoms in total. The molecule has 2 N–H and O–H groups in total. The Bertz CT molecular complexity index is 395. The van der Waals surface area contributed by atoms with Crippen molar-refractivity contribution >= 4 is 17.5 Å². The first-order chi connectivity index (χ1) is 9.28. The van der Waals surface area contributed by atoms with Gasteiger partial charge in [0.2, 0.25) is 0 Å². The molecule has 0 unspecified atom stereocenters. The van der Waals surface area contributed by atoms with Crippen LogP contribution >= 0.6 is 0 Å². The Morgan fingerprint density at radius 3 is 2.21 bits per heavy atom. The summed E-state index contributed by atoms with van der Waals surface area (Å²) in [5.41, 5.74) is 1.86. The van der Waals surface area contributed by atoms with E-state index in [1.54, 1.807) is 0 Å². The van der Waals surface area contributed by atoms with Gasteiger partial charge in [-0.15, -0.1) is 0 Å². The smallest absolute Gasteiger partial charge is 0.411 e. The summed E-state index contributed by atoms with van der Waals surface area (Å²) < 4.78 is 4.55. The summed E-state index contributed by atoms with van der Waals surface area (Å²) in [7, 11) is 1.36. The van der Waals surface area contributed by atoms with Crippen LogP contribution in [0.15, 0.2) is 24.3 Å². The number of carbonyl (C=O) groups is 1. The van der Waals surface area contributed by atoms with E-state index in [0.717, 1.165) is 11.4 Å². The van der Waals surface area contributed by atoms with Gasteiger partial charge in [0.05, 0.1) is 7.11 Å². The van der Waals surface area contributed by atoms with Gasteiger partial charge in [-0.25, -0.2) is 4.79 Å². The van der Waals surface area contributed by atoms with Crippen molar-refractivity contribution in [1.29, 1.82) is 0 Å². The van der Waals surface area contributed by atoms with Crippen LogP contribution in [0.3, 0.4) is 0 Å².